The van der Waals surface area contributed by atoms with Crippen LogP contribution in [0.3, 0.4) is 0 Å². The van der Waals surface area contributed by atoms with Gasteiger partial charge in [-0.15, -0.1) is 0 Å². The number of aromatic nitrogens is 3. The van der Waals surface area contributed by atoms with Gasteiger partial charge in [0.05, 0.1) is 22.3 Å². The number of para-hydroxylation sites is 2. The average Bonchev–Trinajstić information content (AvgIpc) is 3.68. The maximum absolute atomic E-state index is 11.3. The van der Waals surface area contributed by atoms with E-state index in [1.165, 1.54) is 6.07 Å². The molecule has 0 saturated heterocycles. The molecule has 9 aromatic rings. The number of pyridine rings is 1. The number of benzene rings is 7. The van der Waals surface area contributed by atoms with E-state index in [2.05, 4.69) is 12.1 Å². The summed E-state index contributed by atoms with van der Waals surface area (Å²) >= 11 is 0. The molecule has 0 aliphatic carbocycles. The van der Waals surface area contributed by atoms with Crippen molar-refractivity contribution in [3.05, 3.63) is 193 Å². The van der Waals surface area contributed by atoms with Crippen LogP contribution in [0.4, 0.5) is 0 Å². The second-order valence-electron chi connectivity index (χ2n) is 13.4. The molecule has 1 N–H and O–H groups in total. The lowest BCUT2D eigenvalue weighted by molar-refractivity contribution is 0.477. The van der Waals surface area contributed by atoms with Gasteiger partial charge in [-0.25, -0.2) is 4.98 Å². The van der Waals surface area contributed by atoms with Gasteiger partial charge in [-0.05, 0) is 131 Å². The minimum absolute atomic E-state index is 0.0496. The molecule has 7 aromatic carbocycles. The first kappa shape index (κ1) is 25.1. The predicted molar refractivity (Wildman–Crippen MR) is 227 cm³/mol. The summed E-state index contributed by atoms with van der Waals surface area (Å²) in [4.78, 5) is 10.0. The van der Waals surface area contributed by atoms with Crippen LogP contribution in [0.15, 0.2) is 176 Å². The molecular formula is C51H39N3O. The van der Waals surface area contributed by atoms with Crippen molar-refractivity contribution in [2.75, 3.05) is 0 Å². The van der Waals surface area contributed by atoms with Gasteiger partial charge in [-0.3, -0.25) is 9.55 Å². The van der Waals surface area contributed by atoms with Crippen molar-refractivity contribution < 1.29 is 17.4 Å². The Morgan fingerprint density at radius 3 is 1.98 bits per heavy atom. The van der Waals surface area contributed by atoms with E-state index in [-0.39, 0.29) is 28.0 Å². The molecule has 0 bridgehead atoms. The molecule has 0 radical (unpaired) electrons. The summed E-state index contributed by atoms with van der Waals surface area (Å²) in [5.41, 5.74) is 8.94. The summed E-state index contributed by atoms with van der Waals surface area (Å²) in [6.45, 7) is -7.79. The van der Waals surface area contributed by atoms with Gasteiger partial charge >= 0.3 is 0 Å². The molecule has 0 unspecified atom stereocenters. The van der Waals surface area contributed by atoms with Gasteiger partial charge in [0.2, 0.25) is 0 Å². The van der Waals surface area contributed by atoms with Crippen LogP contribution in [0.2, 0.25) is 0 Å². The van der Waals surface area contributed by atoms with E-state index in [0.717, 1.165) is 38.9 Å². The van der Waals surface area contributed by atoms with Crippen molar-refractivity contribution in [3.63, 3.8) is 0 Å². The number of nitrogens with zero attached hydrogens (tertiary/aromatic N) is 3. The van der Waals surface area contributed by atoms with Crippen LogP contribution in [-0.4, -0.2) is 19.6 Å². The molecule has 9 rings (SSSR count). The fraction of sp³-hybridized carbons (Fsp3) is 0.0588. The molecule has 4 heteroatoms. The number of rotatable bonds is 7. The molecule has 2 heterocycles. The average molecular weight is 719 g/mol. The molecule has 0 saturated carbocycles. The lowest BCUT2D eigenvalue weighted by Crippen LogP contribution is -2.00. The van der Waals surface area contributed by atoms with E-state index < -0.39 is 20.6 Å². The summed E-state index contributed by atoms with van der Waals surface area (Å²) in [6.07, 6.45) is 1.73. The van der Waals surface area contributed by atoms with Crippen molar-refractivity contribution in [2.24, 2.45) is 0 Å². The Hall–Kier alpha value is -7.04. The smallest absolute Gasteiger partial charge is 0.149 e. The number of hydrogen-bond acceptors (Lipinski definition) is 3. The summed E-state index contributed by atoms with van der Waals surface area (Å²) in [5.74, 6) is 0.266. The lowest BCUT2D eigenvalue weighted by Gasteiger charge is -2.16. The molecule has 4 nitrogen and oxygen atoms in total. The van der Waals surface area contributed by atoms with E-state index in [1.807, 2.05) is 72.8 Å². The van der Waals surface area contributed by atoms with Crippen molar-refractivity contribution in [3.8, 4) is 78.6 Å². The number of aryl methyl sites for hydroxylation is 2. The summed E-state index contributed by atoms with van der Waals surface area (Å²) in [6, 6.07) is 51.3. The molecular weight excluding hydrogens is 671 g/mol. The van der Waals surface area contributed by atoms with Gasteiger partial charge in [0.15, 0.2) is 0 Å². The number of hydrogen-bond donors (Lipinski definition) is 1. The maximum Gasteiger partial charge on any atom is 0.149 e. The number of fused-ring (bicyclic) bond motifs is 1. The second-order valence-corrected chi connectivity index (χ2v) is 13.4. The minimum atomic E-state index is -2.80. The zero-order valence-corrected chi connectivity index (χ0v) is 29.5. The van der Waals surface area contributed by atoms with E-state index in [9.17, 15) is 5.11 Å². The molecule has 0 spiro atoms. The summed E-state index contributed by atoms with van der Waals surface area (Å²) in [7, 11) is 0. The van der Waals surface area contributed by atoms with Crippen LogP contribution in [0, 0.1) is 20.6 Å². The highest BCUT2D eigenvalue weighted by Gasteiger charge is 2.21. The molecule has 264 valence electrons. The summed E-state index contributed by atoms with van der Waals surface area (Å²) < 4.78 is 76.6. The Kier molecular flexibility index (Phi) is 6.41. The van der Waals surface area contributed by atoms with Crippen molar-refractivity contribution >= 4 is 11.0 Å². The minimum Gasteiger partial charge on any atom is -0.507 e. The van der Waals surface area contributed by atoms with Crippen molar-refractivity contribution in [1.82, 2.24) is 14.5 Å². The largest absolute Gasteiger partial charge is 0.507 e. The Morgan fingerprint density at radius 1 is 0.509 bits per heavy atom. The molecule has 0 aliphatic heterocycles. The van der Waals surface area contributed by atoms with E-state index in [4.69, 9.17) is 22.3 Å². The van der Waals surface area contributed by atoms with Crippen LogP contribution in [-0.2, 0) is 0 Å². The second kappa shape index (κ2) is 14.1. The maximum atomic E-state index is 11.3. The SMILES string of the molecule is [2H]C([2H])([2H])c1ccc(-c2ccnc(-c3cc(-c4ccccc4)cc(-c4cccc5c4nc(-c4ccccc4O)n5-c4cc(-c5ccccc5)c(C([2H])([2H])[2H])c(C([2H])([2H])[2H])c4)c3)c2)cc1. The van der Waals surface area contributed by atoms with Gasteiger partial charge in [-0.1, -0.05) is 115 Å². The highest BCUT2D eigenvalue weighted by Crippen LogP contribution is 2.41. The zero-order chi connectivity index (χ0) is 45.0. The lowest BCUT2D eigenvalue weighted by atomic mass is 9.93. The van der Waals surface area contributed by atoms with Crippen molar-refractivity contribution in [1.29, 1.82) is 0 Å². The van der Waals surface area contributed by atoms with Crippen molar-refractivity contribution in [2.45, 2.75) is 20.6 Å². The predicted octanol–water partition coefficient (Wildman–Crippen LogP) is 13.1. The summed E-state index contributed by atoms with van der Waals surface area (Å²) in [5, 5.41) is 11.3. The third-order valence-electron chi connectivity index (χ3n) is 9.92. The van der Waals surface area contributed by atoms with Crippen LogP contribution in [0.5, 0.6) is 5.75 Å². The third kappa shape index (κ3) is 6.38. The molecule has 55 heavy (non-hydrogen) atoms. The van der Waals surface area contributed by atoms with E-state index >= 15 is 0 Å². The highest BCUT2D eigenvalue weighted by molar-refractivity contribution is 5.98. The van der Waals surface area contributed by atoms with Gasteiger partial charge in [0.1, 0.15) is 11.6 Å². The Balaban J connectivity index is 1.30. The van der Waals surface area contributed by atoms with Crippen LogP contribution >= 0.6 is 0 Å². The quantitative estimate of drug-likeness (QED) is 0.178. The molecule has 0 aliphatic rings. The first-order valence-corrected chi connectivity index (χ1v) is 17.9. The Labute approximate surface area is 334 Å². The fourth-order valence-electron chi connectivity index (χ4n) is 7.20. The Morgan fingerprint density at radius 2 is 1.22 bits per heavy atom. The van der Waals surface area contributed by atoms with E-state index in [1.54, 1.807) is 89.6 Å². The van der Waals surface area contributed by atoms with E-state index in [0.29, 0.717) is 39.4 Å². The molecule has 0 atom stereocenters. The molecule has 0 amide bonds. The normalized spacial score (nSPS) is 14.4. The number of imidazole rings is 1. The van der Waals surface area contributed by atoms with Gasteiger partial charge in [0, 0.05) is 35.3 Å². The third-order valence-corrected chi connectivity index (χ3v) is 9.92. The number of phenolic OH excluding ortho intramolecular Hbond substituents is 1. The fourth-order valence-corrected chi connectivity index (χ4v) is 7.20. The van der Waals surface area contributed by atoms with Gasteiger partial charge in [-0.2, -0.15) is 0 Å². The topological polar surface area (TPSA) is 50.9 Å². The van der Waals surface area contributed by atoms with Crippen LogP contribution in [0.1, 0.15) is 29.0 Å². The number of phenols is 1. The first-order valence-electron chi connectivity index (χ1n) is 22.4. The molecule has 0 fully saturated rings. The first-order chi connectivity index (χ1) is 30.5. The van der Waals surface area contributed by atoms with Crippen LogP contribution < -0.4 is 0 Å². The zero-order valence-electron chi connectivity index (χ0n) is 38.5. The standard InChI is InChI=1S/C51H39N3O/c1-33-21-23-37(24-22-33)39-25-26-52-47(31-39)42-29-40(36-13-6-4-7-14-36)28-41(30-42)44-18-12-19-48-50(44)53-51(45-17-10-11-20-49(45)55)54(48)43-27-34(2)35(3)46(32-43)38-15-8-5-9-16-38/h4-32,55H,1-3H3/i1D3,2D3,3D3. The molecule has 2 aromatic heterocycles. The number of aromatic hydroxyl groups is 1. The van der Waals surface area contributed by atoms with Gasteiger partial charge < -0.3 is 5.11 Å². The highest BCUT2D eigenvalue weighted by atomic mass is 16.3. The Bertz CT molecular complexity index is 3170. The van der Waals surface area contributed by atoms with Crippen LogP contribution in [0.25, 0.3) is 83.9 Å². The monoisotopic (exact) mass is 718 g/mol. The van der Waals surface area contributed by atoms with Gasteiger partial charge in [0.25, 0.3) is 0 Å².